The molecule has 7 rings (SSSR count). The summed E-state index contributed by atoms with van der Waals surface area (Å²) in [5, 5.41) is 28.0. The maximum atomic E-state index is 13.5. The minimum atomic E-state index is -0.881. The summed E-state index contributed by atoms with van der Waals surface area (Å²) in [6, 6.07) is 20.5. The lowest BCUT2D eigenvalue weighted by Gasteiger charge is -2.26. The zero-order valence-corrected chi connectivity index (χ0v) is 25.5. The van der Waals surface area contributed by atoms with E-state index in [1.807, 2.05) is 43.3 Å². The van der Waals surface area contributed by atoms with Crippen molar-refractivity contribution in [3.63, 3.8) is 0 Å². The van der Waals surface area contributed by atoms with Crippen LogP contribution in [0, 0.1) is 5.92 Å². The normalized spacial score (nSPS) is 26.5. The van der Waals surface area contributed by atoms with Crippen LogP contribution in [0.4, 0.5) is 5.82 Å². The smallest absolute Gasteiger partial charge is 0.289 e. The molecule has 2 aromatic carbocycles. The topological polar surface area (TPSA) is 138 Å². The van der Waals surface area contributed by atoms with Gasteiger partial charge in [-0.15, -0.1) is 0 Å². The van der Waals surface area contributed by atoms with Crippen LogP contribution in [-0.2, 0) is 4.74 Å². The average Bonchev–Trinajstić information content (AvgIpc) is 3.41. The van der Waals surface area contributed by atoms with Crippen LogP contribution in [0.1, 0.15) is 66.5 Å². The molecule has 3 fully saturated rings. The van der Waals surface area contributed by atoms with Gasteiger partial charge in [-0.2, -0.15) is 0 Å². The fraction of sp³-hybridized carbons (Fsp3) is 0.471. The Morgan fingerprint density at radius 2 is 1.69 bits per heavy atom. The predicted molar refractivity (Wildman–Crippen MR) is 170 cm³/mol. The molecule has 5 atom stereocenters. The van der Waals surface area contributed by atoms with Crippen molar-refractivity contribution in [2.45, 2.75) is 62.6 Å². The number of hydrogen-bond donors (Lipinski definition) is 4. The summed E-state index contributed by atoms with van der Waals surface area (Å²) in [6.45, 7) is 5.75. The molecule has 236 valence electrons. The second-order valence-electron chi connectivity index (χ2n) is 12.6. The molecule has 1 aliphatic carbocycles. The Balaban J connectivity index is 1.20. The monoisotopic (exact) mass is 611 g/mol. The number of benzene rings is 2. The quantitative estimate of drug-likeness (QED) is 0.213. The number of anilines is 1. The van der Waals surface area contributed by atoms with E-state index in [1.165, 1.54) is 19.3 Å². The Morgan fingerprint density at radius 3 is 2.31 bits per heavy atom. The van der Waals surface area contributed by atoms with Gasteiger partial charge in [-0.3, -0.25) is 9.36 Å². The third-order valence-corrected chi connectivity index (χ3v) is 9.77. The van der Waals surface area contributed by atoms with Crippen molar-refractivity contribution in [3.05, 3.63) is 83.9 Å². The van der Waals surface area contributed by atoms with Crippen molar-refractivity contribution in [1.29, 1.82) is 0 Å². The van der Waals surface area contributed by atoms with Gasteiger partial charge in [0.2, 0.25) is 5.82 Å². The van der Waals surface area contributed by atoms with E-state index in [4.69, 9.17) is 4.74 Å². The van der Waals surface area contributed by atoms with Crippen LogP contribution in [0.15, 0.2) is 67.0 Å². The molecule has 45 heavy (non-hydrogen) atoms. The highest BCUT2D eigenvalue weighted by molar-refractivity contribution is 5.94. The number of nitrogens with one attached hydrogen (secondary N) is 2. The number of aliphatic hydroxyl groups excluding tert-OH is 2. The summed E-state index contributed by atoms with van der Waals surface area (Å²) >= 11 is 0. The van der Waals surface area contributed by atoms with E-state index in [-0.39, 0.29) is 23.6 Å². The fourth-order valence-corrected chi connectivity index (χ4v) is 6.93. The van der Waals surface area contributed by atoms with Crippen molar-refractivity contribution in [3.8, 4) is 0 Å². The van der Waals surface area contributed by atoms with Crippen molar-refractivity contribution in [1.82, 2.24) is 29.7 Å². The molecule has 0 radical (unpaired) electrons. The first-order chi connectivity index (χ1) is 21.9. The number of rotatable bonds is 10. The van der Waals surface area contributed by atoms with E-state index < -0.39 is 24.0 Å². The molecule has 2 saturated heterocycles. The van der Waals surface area contributed by atoms with Crippen molar-refractivity contribution >= 4 is 22.9 Å². The molecular weight excluding hydrogens is 570 g/mol. The van der Waals surface area contributed by atoms with Gasteiger partial charge in [0.15, 0.2) is 23.2 Å². The Bertz CT molecular complexity index is 1590. The molecule has 4 aromatic rings. The molecule has 4 heterocycles. The Morgan fingerprint density at radius 1 is 1.02 bits per heavy atom. The highest BCUT2D eigenvalue weighted by Gasteiger charge is 2.67. The van der Waals surface area contributed by atoms with E-state index in [0.29, 0.717) is 36.5 Å². The Labute approximate surface area is 262 Å². The molecule has 4 N–H and O–H groups in total. The number of likely N-dealkylation sites (tertiary alicyclic amines) is 1. The summed E-state index contributed by atoms with van der Waals surface area (Å²) in [5.74, 6) is -0.188. The minimum Gasteiger partial charge on any atom is -0.390 e. The third kappa shape index (κ3) is 5.81. The largest absolute Gasteiger partial charge is 0.390 e. The van der Waals surface area contributed by atoms with Gasteiger partial charge in [0.05, 0.1) is 12.4 Å². The van der Waals surface area contributed by atoms with E-state index in [1.54, 1.807) is 10.9 Å². The number of carbonyl (C=O) groups excluding carboxylic acids is 1. The summed E-state index contributed by atoms with van der Waals surface area (Å²) in [7, 11) is 0. The zero-order chi connectivity index (χ0) is 31.0. The van der Waals surface area contributed by atoms with E-state index >= 15 is 0 Å². The van der Waals surface area contributed by atoms with Gasteiger partial charge in [0, 0.05) is 37.9 Å². The predicted octanol–water partition coefficient (Wildman–Crippen LogP) is 3.32. The standard InChI is InChI=1S/C34H41N7O4/c1-22-28(43)33(45-34(22)19-26(34)42)41-21-37-27-29(36-20-25(23-11-5-2-6-12-23)24-13-7-3-8-14-24)38-30(39-31(27)41)32(44)35-15-18-40-16-9-4-10-17-40/h2-3,5-8,11-14,21-22,25-26,28,33,42-43H,4,9-10,15-20H2,1H3,(H,35,44)(H,36,38,39)/t22-,26?,28+,33+,34+/m0/s1. The maximum Gasteiger partial charge on any atom is 0.289 e. The average molecular weight is 612 g/mol. The maximum absolute atomic E-state index is 13.5. The molecular formula is C34H41N7O4. The van der Waals surface area contributed by atoms with Crippen LogP contribution >= 0.6 is 0 Å². The van der Waals surface area contributed by atoms with Gasteiger partial charge in [-0.05, 0) is 37.1 Å². The molecule has 2 aromatic heterocycles. The molecule has 2 aliphatic heterocycles. The Hall–Kier alpha value is -3.90. The van der Waals surface area contributed by atoms with Gasteiger partial charge >= 0.3 is 0 Å². The number of piperidine rings is 1. The molecule has 1 amide bonds. The van der Waals surface area contributed by atoms with Gasteiger partial charge in [-0.25, -0.2) is 15.0 Å². The Kier molecular flexibility index (Phi) is 8.26. The van der Waals surface area contributed by atoms with Crippen LogP contribution in [0.5, 0.6) is 0 Å². The molecule has 11 nitrogen and oxygen atoms in total. The van der Waals surface area contributed by atoms with Gasteiger partial charge in [-0.1, -0.05) is 74.0 Å². The summed E-state index contributed by atoms with van der Waals surface area (Å²) in [6.07, 6.45) is 3.37. The molecule has 1 spiro atoms. The molecule has 3 aliphatic rings. The summed E-state index contributed by atoms with van der Waals surface area (Å²) in [4.78, 5) is 29.8. The lowest BCUT2D eigenvalue weighted by atomic mass is 9.91. The zero-order valence-electron chi connectivity index (χ0n) is 25.5. The van der Waals surface area contributed by atoms with Crippen molar-refractivity contribution in [2.75, 3.05) is 38.0 Å². The van der Waals surface area contributed by atoms with Crippen molar-refractivity contribution < 1.29 is 19.7 Å². The van der Waals surface area contributed by atoms with E-state index in [2.05, 4.69) is 54.8 Å². The summed E-state index contributed by atoms with van der Waals surface area (Å²) in [5.41, 5.74) is 2.37. The number of fused-ring (bicyclic) bond motifs is 1. The lowest BCUT2D eigenvalue weighted by molar-refractivity contribution is -0.0590. The van der Waals surface area contributed by atoms with E-state index in [9.17, 15) is 15.0 Å². The van der Waals surface area contributed by atoms with Crippen molar-refractivity contribution in [2.24, 2.45) is 5.92 Å². The molecule has 0 bridgehead atoms. The highest BCUT2D eigenvalue weighted by Crippen LogP contribution is 2.56. The third-order valence-electron chi connectivity index (χ3n) is 9.77. The number of carbonyl (C=O) groups is 1. The number of ether oxygens (including phenoxy) is 1. The van der Waals surface area contributed by atoms with Crippen LogP contribution < -0.4 is 10.6 Å². The van der Waals surface area contributed by atoms with Gasteiger partial charge in [0.25, 0.3) is 5.91 Å². The molecule has 1 saturated carbocycles. The fourth-order valence-electron chi connectivity index (χ4n) is 6.93. The number of hydrogen-bond acceptors (Lipinski definition) is 9. The number of nitrogens with zero attached hydrogens (tertiary/aromatic N) is 5. The van der Waals surface area contributed by atoms with Gasteiger partial charge < -0.3 is 30.5 Å². The first-order valence-corrected chi connectivity index (χ1v) is 16.1. The molecule has 11 heteroatoms. The first kappa shape index (κ1) is 29.8. The van der Waals surface area contributed by atoms with E-state index in [0.717, 1.165) is 30.8 Å². The second-order valence-corrected chi connectivity index (χ2v) is 12.6. The lowest BCUT2D eigenvalue weighted by Crippen LogP contribution is -2.38. The number of amides is 1. The molecule has 1 unspecified atom stereocenters. The highest BCUT2D eigenvalue weighted by atomic mass is 16.6. The second kappa shape index (κ2) is 12.5. The van der Waals surface area contributed by atoms with Crippen LogP contribution in [-0.4, -0.2) is 91.1 Å². The van der Waals surface area contributed by atoms with Crippen LogP contribution in [0.2, 0.25) is 0 Å². The number of aromatic nitrogens is 4. The van der Waals surface area contributed by atoms with Crippen LogP contribution in [0.25, 0.3) is 11.2 Å². The summed E-state index contributed by atoms with van der Waals surface area (Å²) < 4.78 is 7.94. The number of aliphatic hydroxyl groups is 2. The van der Waals surface area contributed by atoms with Gasteiger partial charge in [0.1, 0.15) is 11.7 Å². The minimum absolute atomic E-state index is 0.0124. The SMILES string of the molecule is C[C@H]1[C@@H](O)[C@H](n2cnc3c(NCC(c4ccccc4)c4ccccc4)nc(C(=O)NCCN4CCCCC4)nc32)O[C@]12CC2O. The van der Waals surface area contributed by atoms with Crippen LogP contribution in [0.3, 0.4) is 0 Å². The number of imidazole rings is 1. The first-order valence-electron chi connectivity index (χ1n) is 16.1.